The van der Waals surface area contributed by atoms with Crippen LogP contribution in [-0.2, 0) is 4.74 Å². The molecule has 36 heavy (non-hydrogen) atoms. The first-order valence-electron chi connectivity index (χ1n) is 11.8. The highest BCUT2D eigenvalue weighted by molar-refractivity contribution is 5.90. The second-order valence-corrected chi connectivity index (χ2v) is 8.22. The Hall–Kier alpha value is -4.21. The zero-order chi connectivity index (χ0) is 25.5. The molecular formula is C26H30N4O6. The van der Waals surface area contributed by atoms with E-state index in [1.165, 1.54) is 0 Å². The van der Waals surface area contributed by atoms with E-state index < -0.39 is 0 Å². The number of carbonyl (C=O) groups excluding carboxylic acids is 2. The Bertz CT molecular complexity index is 1210. The van der Waals surface area contributed by atoms with Crippen LogP contribution in [0.5, 0.6) is 23.0 Å². The number of anilines is 1. The van der Waals surface area contributed by atoms with Gasteiger partial charge < -0.3 is 34.5 Å². The van der Waals surface area contributed by atoms with Gasteiger partial charge in [-0.25, -0.2) is 9.59 Å². The standard InChI is InChI=1S/C26H30N4O6/c1-4-35-26(32)30-13-10-18(11-14-30)29-25(31)28-17-5-7-19(8-6-17)36-22-9-12-27-21-16-24(34-3)23(33-2)15-20(21)22/h5-9,12,15-16,18H,4,10-11,13-14H2,1-3H3,(H2,28,29,31). The minimum atomic E-state index is -0.304. The molecule has 1 aliphatic heterocycles. The van der Waals surface area contributed by atoms with E-state index in [1.807, 2.05) is 6.07 Å². The van der Waals surface area contributed by atoms with E-state index in [2.05, 4.69) is 15.6 Å². The average Bonchev–Trinajstić information content (AvgIpc) is 2.89. The number of likely N-dealkylation sites (tertiary alicyclic amines) is 1. The number of hydrogen-bond donors (Lipinski definition) is 2. The normalized spacial score (nSPS) is 13.7. The van der Waals surface area contributed by atoms with Crippen molar-refractivity contribution >= 4 is 28.7 Å². The van der Waals surface area contributed by atoms with Gasteiger partial charge in [-0.1, -0.05) is 0 Å². The van der Waals surface area contributed by atoms with E-state index in [0.717, 1.165) is 5.39 Å². The summed E-state index contributed by atoms with van der Waals surface area (Å²) in [5.74, 6) is 2.40. The fourth-order valence-electron chi connectivity index (χ4n) is 4.04. The highest BCUT2D eigenvalue weighted by Gasteiger charge is 2.24. The van der Waals surface area contributed by atoms with Crippen molar-refractivity contribution in [2.45, 2.75) is 25.8 Å². The van der Waals surface area contributed by atoms with Crippen LogP contribution < -0.4 is 24.8 Å². The lowest BCUT2D eigenvalue weighted by Gasteiger charge is -2.31. The Kier molecular flexibility index (Phi) is 7.94. The van der Waals surface area contributed by atoms with Crippen LogP contribution >= 0.6 is 0 Å². The molecule has 0 radical (unpaired) electrons. The van der Waals surface area contributed by atoms with Crippen LogP contribution in [0, 0.1) is 0 Å². The van der Waals surface area contributed by atoms with E-state index in [0.29, 0.717) is 66.7 Å². The molecule has 3 amide bonds. The Morgan fingerprint density at radius 2 is 1.69 bits per heavy atom. The number of methoxy groups -OCH3 is 2. The third-order valence-corrected chi connectivity index (χ3v) is 5.90. The first kappa shape index (κ1) is 24.9. The SMILES string of the molecule is CCOC(=O)N1CCC(NC(=O)Nc2ccc(Oc3ccnc4cc(OC)c(OC)cc34)cc2)CC1. The summed E-state index contributed by atoms with van der Waals surface area (Å²) in [4.78, 5) is 30.3. The largest absolute Gasteiger partial charge is 0.493 e. The summed E-state index contributed by atoms with van der Waals surface area (Å²) in [7, 11) is 3.16. The molecule has 1 aromatic heterocycles. The quantitative estimate of drug-likeness (QED) is 0.486. The maximum Gasteiger partial charge on any atom is 0.409 e. The lowest BCUT2D eigenvalue weighted by atomic mass is 10.1. The van der Waals surface area contributed by atoms with E-state index in [1.54, 1.807) is 68.6 Å². The summed E-state index contributed by atoms with van der Waals surface area (Å²) >= 11 is 0. The molecule has 1 aliphatic rings. The van der Waals surface area contributed by atoms with Crippen LogP contribution in [0.1, 0.15) is 19.8 Å². The summed E-state index contributed by atoms with van der Waals surface area (Å²) < 4.78 is 21.9. The molecule has 0 saturated carbocycles. The molecule has 1 fully saturated rings. The molecule has 1 saturated heterocycles. The van der Waals surface area contributed by atoms with Crippen LogP contribution in [0.3, 0.4) is 0 Å². The lowest BCUT2D eigenvalue weighted by Crippen LogP contribution is -2.47. The molecule has 2 heterocycles. The number of nitrogens with zero attached hydrogens (tertiary/aromatic N) is 2. The number of hydrogen-bond acceptors (Lipinski definition) is 7. The van der Waals surface area contributed by atoms with Crippen molar-refractivity contribution in [3.8, 4) is 23.0 Å². The number of fused-ring (bicyclic) bond motifs is 1. The topological polar surface area (TPSA) is 111 Å². The van der Waals surface area contributed by atoms with Gasteiger partial charge >= 0.3 is 12.1 Å². The van der Waals surface area contributed by atoms with Crippen LogP contribution in [-0.4, -0.2) is 62.0 Å². The molecule has 3 aromatic rings. The Morgan fingerprint density at radius 1 is 1.00 bits per heavy atom. The van der Waals surface area contributed by atoms with Gasteiger partial charge in [-0.2, -0.15) is 0 Å². The number of rotatable bonds is 7. The minimum absolute atomic E-state index is 0.00568. The van der Waals surface area contributed by atoms with E-state index in [4.69, 9.17) is 18.9 Å². The molecule has 10 heteroatoms. The summed E-state index contributed by atoms with van der Waals surface area (Å²) in [6.07, 6.45) is 2.72. The Morgan fingerprint density at radius 3 is 2.36 bits per heavy atom. The fourth-order valence-corrected chi connectivity index (χ4v) is 4.04. The van der Waals surface area contributed by atoms with E-state index >= 15 is 0 Å². The van der Waals surface area contributed by atoms with Crippen LogP contribution in [0.2, 0.25) is 0 Å². The second-order valence-electron chi connectivity index (χ2n) is 8.22. The third kappa shape index (κ3) is 5.88. The highest BCUT2D eigenvalue weighted by atomic mass is 16.6. The van der Waals surface area contributed by atoms with Crippen molar-refractivity contribution in [3.05, 3.63) is 48.7 Å². The highest BCUT2D eigenvalue weighted by Crippen LogP contribution is 2.37. The van der Waals surface area contributed by atoms with Crippen molar-refractivity contribution < 1.29 is 28.5 Å². The number of nitrogens with one attached hydrogen (secondary N) is 2. The maximum atomic E-state index is 12.4. The number of piperidine rings is 1. The van der Waals surface area contributed by atoms with Crippen molar-refractivity contribution in [1.82, 2.24) is 15.2 Å². The molecule has 0 spiro atoms. The molecule has 0 bridgehead atoms. The van der Waals surface area contributed by atoms with Crippen LogP contribution in [0.15, 0.2) is 48.7 Å². The van der Waals surface area contributed by atoms with Gasteiger partial charge in [0.2, 0.25) is 0 Å². The van der Waals surface area contributed by atoms with Crippen LogP contribution in [0.25, 0.3) is 10.9 Å². The van der Waals surface area contributed by atoms with Gasteiger partial charge in [0.15, 0.2) is 11.5 Å². The number of ether oxygens (including phenoxy) is 4. The van der Waals surface area contributed by atoms with Gasteiger partial charge in [-0.05, 0) is 56.2 Å². The zero-order valence-electron chi connectivity index (χ0n) is 20.6. The number of benzene rings is 2. The van der Waals surface area contributed by atoms with Crippen LogP contribution in [0.4, 0.5) is 15.3 Å². The summed E-state index contributed by atoms with van der Waals surface area (Å²) in [6, 6.07) is 12.2. The summed E-state index contributed by atoms with van der Waals surface area (Å²) in [5.41, 5.74) is 1.35. The van der Waals surface area contributed by atoms with Crippen molar-refractivity contribution in [1.29, 1.82) is 0 Å². The van der Waals surface area contributed by atoms with Gasteiger partial charge in [-0.15, -0.1) is 0 Å². The number of carbonyl (C=O) groups is 2. The Balaban J connectivity index is 1.34. The zero-order valence-corrected chi connectivity index (χ0v) is 20.6. The molecule has 0 aliphatic carbocycles. The van der Waals surface area contributed by atoms with Crippen molar-refractivity contribution in [2.75, 3.05) is 39.2 Å². The fraction of sp³-hybridized carbons (Fsp3) is 0.346. The number of amides is 3. The molecule has 2 aromatic carbocycles. The van der Waals surface area contributed by atoms with Gasteiger partial charge in [-0.3, -0.25) is 4.98 Å². The second kappa shape index (κ2) is 11.5. The number of pyridine rings is 1. The third-order valence-electron chi connectivity index (χ3n) is 5.90. The van der Waals surface area contributed by atoms with Gasteiger partial charge in [0.1, 0.15) is 11.5 Å². The van der Waals surface area contributed by atoms with E-state index in [9.17, 15) is 9.59 Å². The molecule has 0 atom stereocenters. The lowest BCUT2D eigenvalue weighted by molar-refractivity contribution is 0.0959. The maximum absolute atomic E-state index is 12.4. The van der Waals surface area contributed by atoms with Gasteiger partial charge in [0, 0.05) is 42.5 Å². The van der Waals surface area contributed by atoms with Gasteiger partial charge in [0.25, 0.3) is 0 Å². The summed E-state index contributed by atoms with van der Waals surface area (Å²) in [5, 5.41) is 6.59. The van der Waals surface area contributed by atoms with Crippen molar-refractivity contribution in [3.63, 3.8) is 0 Å². The smallest absolute Gasteiger partial charge is 0.409 e. The predicted molar refractivity (Wildman–Crippen MR) is 135 cm³/mol. The van der Waals surface area contributed by atoms with Gasteiger partial charge in [0.05, 0.1) is 26.3 Å². The molecule has 0 unspecified atom stereocenters. The molecular weight excluding hydrogens is 464 g/mol. The monoisotopic (exact) mass is 494 g/mol. The van der Waals surface area contributed by atoms with E-state index in [-0.39, 0.29) is 18.2 Å². The summed E-state index contributed by atoms with van der Waals surface area (Å²) in [6.45, 7) is 3.24. The molecule has 190 valence electrons. The predicted octanol–water partition coefficient (Wildman–Crippen LogP) is 4.79. The molecule has 4 rings (SSSR count). The number of aromatic nitrogens is 1. The first-order chi connectivity index (χ1) is 17.5. The molecule has 10 nitrogen and oxygen atoms in total. The minimum Gasteiger partial charge on any atom is -0.493 e. The van der Waals surface area contributed by atoms with Crippen molar-refractivity contribution in [2.24, 2.45) is 0 Å². The molecule has 2 N–H and O–H groups in total. The average molecular weight is 495 g/mol. The first-order valence-corrected chi connectivity index (χ1v) is 11.8. The number of urea groups is 1. The Labute approximate surface area is 209 Å².